The van der Waals surface area contributed by atoms with Gasteiger partial charge in [0.2, 0.25) is 0 Å². The first-order chi connectivity index (χ1) is 19.0. The van der Waals surface area contributed by atoms with Crippen molar-refractivity contribution < 1.29 is 22.0 Å². The summed E-state index contributed by atoms with van der Waals surface area (Å²) in [6.45, 7) is 0.0429. The Morgan fingerprint density at radius 2 is 1.73 bits per heavy atom. The van der Waals surface area contributed by atoms with E-state index in [-0.39, 0.29) is 42.8 Å². The summed E-state index contributed by atoms with van der Waals surface area (Å²) in [4.78, 5) is 41.1. The SMILES string of the molecule is O=C(NS(=O)(=O)c1ccc(Cl)s1)c1ccc(-n2c(=O)[nH]c3cc(NCc4ccc(F)cc4F)ccc3c2=O)cc1. The quantitative estimate of drug-likeness (QED) is 0.253. The summed E-state index contributed by atoms with van der Waals surface area (Å²) in [6, 6.07) is 15.7. The molecule has 9 nitrogen and oxygen atoms in total. The monoisotopic (exact) mass is 602 g/mol. The van der Waals surface area contributed by atoms with Crippen LogP contribution in [0.1, 0.15) is 15.9 Å². The number of fused-ring (bicyclic) bond motifs is 1. The zero-order valence-electron chi connectivity index (χ0n) is 20.1. The van der Waals surface area contributed by atoms with Gasteiger partial charge in [-0.25, -0.2) is 31.3 Å². The molecule has 0 fully saturated rings. The van der Waals surface area contributed by atoms with Crippen molar-refractivity contribution in [2.45, 2.75) is 10.8 Å². The first-order valence-electron chi connectivity index (χ1n) is 11.4. The van der Waals surface area contributed by atoms with Crippen molar-refractivity contribution >= 4 is 55.5 Å². The fraction of sp³-hybridized carbons (Fsp3) is 0.0385. The van der Waals surface area contributed by atoms with Crippen molar-refractivity contribution in [1.82, 2.24) is 14.3 Å². The summed E-state index contributed by atoms with van der Waals surface area (Å²) in [5.74, 6) is -2.30. The van der Waals surface area contributed by atoms with Gasteiger partial charge in [-0.05, 0) is 60.7 Å². The normalized spacial score (nSPS) is 11.5. The van der Waals surface area contributed by atoms with Gasteiger partial charge >= 0.3 is 5.69 Å². The van der Waals surface area contributed by atoms with Gasteiger partial charge in [0.05, 0.1) is 20.9 Å². The highest BCUT2D eigenvalue weighted by molar-refractivity contribution is 7.92. The fourth-order valence-corrected chi connectivity index (χ4v) is 6.32. The van der Waals surface area contributed by atoms with Gasteiger partial charge in [0.25, 0.3) is 21.5 Å². The Hall–Kier alpha value is -4.33. The number of halogens is 3. The van der Waals surface area contributed by atoms with Crippen LogP contribution in [0.5, 0.6) is 0 Å². The van der Waals surface area contributed by atoms with Gasteiger partial charge in [-0.1, -0.05) is 17.7 Å². The molecule has 14 heteroatoms. The van der Waals surface area contributed by atoms with Crippen molar-refractivity contribution in [3.8, 4) is 5.69 Å². The maximum absolute atomic E-state index is 13.9. The van der Waals surface area contributed by atoms with Gasteiger partial charge in [-0.3, -0.25) is 9.59 Å². The molecule has 0 atom stereocenters. The molecule has 0 bridgehead atoms. The number of carbonyl (C=O) groups excluding carboxylic acids is 1. The molecule has 2 heterocycles. The van der Waals surface area contributed by atoms with E-state index >= 15 is 0 Å². The average molecular weight is 603 g/mol. The molecule has 5 aromatic rings. The van der Waals surface area contributed by atoms with E-state index in [9.17, 15) is 31.6 Å². The Balaban J connectivity index is 1.37. The van der Waals surface area contributed by atoms with Gasteiger partial charge in [-0.2, -0.15) is 0 Å². The maximum Gasteiger partial charge on any atom is 0.333 e. The molecule has 0 saturated carbocycles. The third-order valence-electron chi connectivity index (χ3n) is 5.82. The summed E-state index contributed by atoms with van der Waals surface area (Å²) in [7, 11) is -4.13. The number of benzene rings is 3. The third-order valence-corrected chi connectivity index (χ3v) is 8.88. The molecule has 0 saturated heterocycles. The van der Waals surface area contributed by atoms with E-state index in [0.717, 1.165) is 28.0 Å². The Morgan fingerprint density at radius 1 is 0.975 bits per heavy atom. The number of thiophene rings is 1. The number of carbonyl (C=O) groups is 1. The Bertz CT molecular complexity index is 2000. The molecule has 0 aliphatic heterocycles. The van der Waals surface area contributed by atoms with Crippen molar-refractivity contribution in [2.24, 2.45) is 0 Å². The molecule has 3 aromatic carbocycles. The minimum Gasteiger partial charge on any atom is -0.381 e. The van der Waals surface area contributed by atoms with Crippen LogP contribution in [0.3, 0.4) is 0 Å². The number of anilines is 1. The van der Waals surface area contributed by atoms with Gasteiger partial charge in [0, 0.05) is 29.4 Å². The lowest BCUT2D eigenvalue weighted by Gasteiger charge is -2.11. The number of hydrogen-bond donors (Lipinski definition) is 3. The number of hydrogen-bond acceptors (Lipinski definition) is 7. The molecular weight excluding hydrogens is 586 g/mol. The van der Waals surface area contributed by atoms with Crippen molar-refractivity contribution in [3.63, 3.8) is 0 Å². The van der Waals surface area contributed by atoms with E-state index < -0.39 is 38.8 Å². The second-order valence-corrected chi connectivity index (χ2v) is 12.1. The zero-order chi connectivity index (χ0) is 28.6. The lowest BCUT2D eigenvalue weighted by atomic mass is 10.1. The molecule has 3 N–H and O–H groups in total. The van der Waals surface area contributed by atoms with E-state index in [1.54, 1.807) is 6.07 Å². The molecule has 40 heavy (non-hydrogen) atoms. The van der Waals surface area contributed by atoms with Gasteiger partial charge in [-0.15, -0.1) is 11.3 Å². The van der Waals surface area contributed by atoms with Crippen LogP contribution < -0.4 is 21.3 Å². The van der Waals surface area contributed by atoms with Crippen molar-refractivity contribution in [2.75, 3.05) is 5.32 Å². The van der Waals surface area contributed by atoms with Crippen LogP contribution in [-0.4, -0.2) is 23.9 Å². The largest absolute Gasteiger partial charge is 0.381 e. The predicted octanol–water partition coefficient (Wildman–Crippen LogP) is 4.40. The number of H-pyrrole nitrogens is 1. The highest BCUT2D eigenvalue weighted by Crippen LogP contribution is 2.25. The molecule has 5 rings (SSSR count). The van der Waals surface area contributed by atoms with Gasteiger partial charge in [0.1, 0.15) is 15.8 Å². The number of sulfonamides is 1. The lowest BCUT2D eigenvalue weighted by Crippen LogP contribution is -2.33. The van der Waals surface area contributed by atoms with E-state index in [1.165, 1.54) is 54.6 Å². The molecule has 2 aromatic heterocycles. The molecule has 0 unspecified atom stereocenters. The summed E-state index contributed by atoms with van der Waals surface area (Å²) in [6.07, 6.45) is 0. The molecular formula is C26H17ClF2N4O5S2. The first-order valence-corrected chi connectivity index (χ1v) is 14.1. The first kappa shape index (κ1) is 27.2. The Kier molecular flexibility index (Phi) is 7.27. The minimum atomic E-state index is -4.13. The van der Waals surface area contributed by atoms with E-state index in [4.69, 9.17) is 11.6 Å². The molecule has 0 aliphatic carbocycles. The Morgan fingerprint density at radius 3 is 2.40 bits per heavy atom. The zero-order valence-corrected chi connectivity index (χ0v) is 22.5. The Labute approximate surface area is 233 Å². The number of aromatic nitrogens is 2. The second-order valence-electron chi connectivity index (χ2n) is 8.46. The predicted molar refractivity (Wildman–Crippen MR) is 148 cm³/mol. The lowest BCUT2D eigenvalue weighted by molar-refractivity contribution is 0.0981. The van der Waals surface area contributed by atoms with Crippen LogP contribution in [0.2, 0.25) is 4.34 Å². The highest BCUT2D eigenvalue weighted by Gasteiger charge is 2.21. The summed E-state index contributed by atoms with van der Waals surface area (Å²) in [5, 5.41) is 3.14. The number of amides is 1. The van der Waals surface area contributed by atoms with Crippen LogP contribution in [0.15, 0.2) is 86.6 Å². The molecule has 204 valence electrons. The van der Waals surface area contributed by atoms with E-state index in [1.807, 2.05) is 4.72 Å². The standard InChI is InChI=1S/C26H17ClF2N4O5S2/c27-22-9-10-23(39-22)40(37,38)32-24(34)14-2-6-18(7-3-14)33-25(35)19-8-5-17(12-21(19)31-26(33)36)30-13-15-1-4-16(28)11-20(15)29/h1-12,30H,13H2,(H,31,36)(H,32,34). The van der Waals surface area contributed by atoms with E-state index in [0.29, 0.717) is 5.69 Å². The average Bonchev–Trinajstić information content (AvgIpc) is 3.35. The summed E-state index contributed by atoms with van der Waals surface area (Å²) >= 11 is 6.57. The number of aromatic amines is 1. The van der Waals surface area contributed by atoms with Crippen LogP contribution in [-0.2, 0) is 16.6 Å². The fourth-order valence-electron chi connectivity index (χ4n) is 3.86. The molecule has 0 aliphatic rings. The van der Waals surface area contributed by atoms with Crippen LogP contribution in [0.4, 0.5) is 14.5 Å². The number of rotatable bonds is 7. The molecule has 0 radical (unpaired) electrons. The highest BCUT2D eigenvalue weighted by atomic mass is 35.5. The van der Waals surface area contributed by atoms with Crippen molar-refractivity contribution in [1.29, 1.82) is 0 Å². The topological polar surface area (TPSA) is 130 Å². The van der Waals surface area contributed by atoms with Crippen molar-refractivity contribution in [3.05, 3.63) is 121 Å². The third kappa shape index (κ3) is 5.52. The summed E-state index contributed by atoms with van der Waals surface area (Å²) < 4.78 is 54.7. The number of nitrogens with zero attached hydrogens (tertiary/aromatic N) is 1. The second kappa shape index (κ2) is 10.7. The molecule has 1 amide bonds. The maximum atomic E-state index is 13.9. The smallest absolute Gasteiger partial charge is 0.333 e. The number of nitrogens with one attached hydrogen (secondary N) is 3. The van der Waals surface area contributed by atoms with Crippen LogP contribution >= 0.6 is 22.9 Å². The van der Waals surface area contributed by atoms with Crippen LogP contribution in [0, 0.1) is 11.6 Å². The van der Waals surface area contributed by atoms with E-state index in [2.05, 4.69) is 10.3 Å². The molecule has 0 spiro atoms. The summed E-state index contributed by atoms with van der Waals surface area (Å²) in [5.41, 5.74) is -0.320. The van der Waals surface area contributed by atoms with Gasteiger partial charge in [0.15, 0.2) is 0 Å². The van der Waals surface area contributed by atoms with Gasteiger partial charge < -0.3 is 10.3 Å². The minimum absolute atomic E-state index is 0.0199. The van der Waals surface area contributed by atoms with Crippen LogP contribution in [0.25, 0.3) is 16.6 Å².